The van der Waals surface area contributed by atoms with E-state index in [1.807, 2.05) is 0 Å². The molecule has 0 heterocycles. The van der Waals surface area contributed by atoms with Gasteiger partial charge >= 0.3 is 0 Å². The molecule has 2 rings (SSSR count). The topological polar surface area (TPSA) is 55.1 Å². The predicted octanol–water partition coefficient (Wildman–Crippen LogP) is 2.60. The van der Waals surface area contributed by atoms with E-state index in [1.54, 1.807) is 18.2 Å². The molecule has 0 spiro atoms. The van der Waals surface area contributed by atoms with Crippen molar-refractivity contribution in [3.05, 3.63) is 33.8 Å². The number of hydrogen-bond donors (Lipinski definition) is 2. The molecule has 5 heteroatoms. The molecule has 0 saturated heterocycles. The lowest BCUT2D eigenvalue weighted by Crippen LogP contribution is -2.44. The fourth-order valence-corrected chi connectivity index (χ4v) is 2.58. The fourth-order valence-electron chi connectivity index (χ4n) is 2.09. The molecule has 1 fully saturated rings. The Hall–Kier alpha value is -0.770. The lowest BCUT2D eigenvalue weighted by molar-refractivity contribution is 0.0935. The second-order valence-corrected chi connectivity index (χ2v) is 5.14. The Balaban J connectivity index is 2.09. The lowest BCUT2D eigenvalue weighted by atomic mass is 10.1. The summed E-state index contributed by atoms with van der Waals surface area (Å²) in [5.74, 6) is -0.186. The maximum Gasteiger partial charge on any atom is 0.253 e. The summed E-state index contributed by atoms with van der Waals surface area (Å²) in [6.07, 6.45) is 2.94. The number of nitrogens with two attached hydrogens (primary N) is 1. The molecule has 1 aliphatic rings. The van der Waals surface area contributed by atoms with Gasteiger partial charge in [-0.25, -0.2) is 0 Å². The Labute approximate surface area is 110 Å². The first-order valence-corrected chi connectivity index (χ1v) is 6.35. The first-order chi connectivity index (χ1) is 8.08. The van der Waals surface area contributed by atoms with Gasteiger partial charge in [0.15, 0.2) is 0 Å². The summed E-state index contributed by atoms with van der Waals surface area (Å²) in [6.45, 7) is 0. The molecule has 2 atom stereocenters. The van der Waals surface area contributed by atoms with Gasteiger partial charge in [-0.3, -0.25) is 4.79 Å². The van der Waals surface area contributed by atoms with Crippen LogP contribution in [0, 0.1) is 0 Å². The third kappa shape index (κ3) is 2.92. The minimum atomic E-state index is -0.186. The van der Waals surface area contributed by atoms with Crippen molar-refractivity contribution in [2.75, 3.05) is 0 Å². The maximum absolute atomic E-state index is 12.0. The van der Waals surface area contributed by atoms with Crippen LogP contribution in [0.3, 0.4) is 0 Å². The number of halogens is 2. The van der Waals surface area contributed by atoms with Crippen molar-refractivity contribution < 1.29 is 4.79 Å². The summed E-state index contributed by atoms with van der Waals surface area (Å²) in [7, 11) is 0. The zero-order valence-corrected chi connectivity index (χ0v) is 10.8. The highest BCUT2D eigenvalue weighted by Crippen LogP contribution is 2.22. The van der Waals surface area contributed by atoms with Crippen molar-refractivity contribution in [3.63, 3.8) is 0 Å². The van der Waals surface area contributed by atoms with E-state index >= 15 is 0 Å². The van der Waals surface area contributed by atoms with Gasteiger partial charge < -0.3 is 11.1 Å². The van der Waals surface area contributed by atoms with Gasteiger partial charge in [0.2, 0.25) is 0 Å². The van der Waals surface area contributed by atoms with Gasteiger partial charge in [-0.15, -0.1) is 0 Å². The van der Waals surface area contributed by atoms with Crippen LogP contribution in [0.2, 0.25) is 10.0 Å². The molecule has 0 aromatic heterocycles. The van der Waals surface area contributed by atoms with Crippen molar-refractivity contribution in [2.45, 2.75) is 31.3 Å². The molecule has 3 nitrogen and oxygen atoms in total. The van der Waals surface area contributed by atoms with Gasteiger partial charge in [-0.2, -0.15) is 0 Å². The first-order valence-electron chi connectivity index (χ1n) is 5.59. The molecule has 1 saturated carbocycles. The molecule has 17 heavy (non-hydrogen) atoms. The average Bonchev–Trinajstić information content (AvgIpc) is 2.64. The number of carbonyl (C=O) groups excluding carboxylic acids is 1. The maximum atomic E-state index is 12.0. The Bertz CT molecular complexity index is 437. The molecule has 0 bridgehead atoms. The molecule has 3 N–H and O–H groups in total. The number of hydrogen-bond acceptors (Lipinski definition) is 2. The Morgan fingerprint density at radius 2 is 2.12 bits per heavy atom. The quantitative estimate of drug-likeness (QED) is 0.870. The molecule has 0 radical (unpaired) electrons. The average molecular weight is 273 g/mol. The molecule has 1 aliphatic carbocycles. The Morgan fingerprint density at radius 1 is 1.35 bits per heavy atom. The number of rotatable bonds is 2. The number of benzene rings is 1. The number of amides is 1. The molecule has 92 valence electrons. The molecule has 1 amide bonds. The van der Waals surface area contributed by atoms with Crippen LogP contribution in [0.25, 0.3) is 0 Å². The van der Waals surface area contributed by atoms with E-state index in [0.717, 1.165) is 19.3 Å². The Kier molecular flexibility index (Phi) is 3.92. The van der Waals surface area contributed by atoms with Crippen LogP contribution < -0.4 is 11.1 Å². The van der Waals surface area contributed by atoms with Crippen LogP contribution in [0.5, 0.6) is 0 Å². The molecular formula is C12H14Cl2N2O. The minimum absolute atomic E-state index is 0.0463. The molecular weight excluding hydrogens is 259 g/mol. The van der Waals surface area contributed by atoms with Crippen molar-refractivity contribution in [3.8, 4) is 0 Å². The monoisotopic (exact) mass is 272 g/mol. The summed E-state index contributed by atoms with van der Waals surface area (Å²) in [4.78, 5) is 12.0. The largest absolute Gasteiger partial charge is 0.348 e. The van der Waals surface area contributed by atoms with Gasteiger partial charge in [0.25, 0.3) is 5.91 Å². The van der Waals surface area contributed by atoms with E-state index in [0.29, 0.717) is 15.6 Å². The smallest absolute Gasteiger partial charge is 0.253 e. The highest BCUT2D eigenvalue weighted by Gasteiger charge is 2.26. The van der Waals surface area contributed by atoms with Gasteiger partial charge in [-0.1, -0.05) is 23.2 Å². The van der Waals surface area contributed by atoms with E-state index in [1.165, 1.54) is 0 Å². The minimum Gasteiger partial charge on any atom is -0.348 e. The van der Waals surface area contributed by atoms with Crippen molar-refractivity contribution in [1.82, 2.24) is 5.32 Å². The number of carbonyl (C=O) groups is 1. The number of nitrogens with one attached hydrogen (secondary N) is 1. The van der Waals surface area contributed by atoms with E-state index < -0.39 is 0 Å². The first kappa shape index (κ1) is 12.7. The highest BCUT2D eigenvalue weighted by molar-refractivity contribution is 6.36. The zero-order valence-electron chi connectivity index (χ0n) is 9.25. The van der Waals surface area contributed by atoms with Gasteiger partial charge in [0, 0.05) is 17.1 Å². The van der Waals surface area contributed by atoms with Crippen LogP contribution in [0.1, 0.15) is 29.6 Å². The van der Waals surface area contributed by atoms with E-state index in [2.05, 4.69) is 5.32 Å². The fraction of sp³-hybridized carbons (Fsp3) is 0.417. The van der Waals surface area contributed by atoms with Crippen LogP contribution >= 0.6 is 23.2 Å². The third-order valence-electron chi connectivity index (χ3n) is 3.06. The SMILES string of the molecule is NC1CCCC1NC(=O)c1ccc(Cl)cc1Cl. The normalized spacial score (nSPS) is 23.7. The van der Waals surface area contributed by atoms with E-state index in [9.17, 15) is 4.79 Å². The van der Waals surface area contributed by atoms with E-state index in [-0.39, 0.29) is 18.0 Å². The van der Waals surface area contributed by atoms with Crippen molar-refractivity contribution >= 4 is 29.1 Å². The van der Waals surface area contributed by atoms with Gasteiger partial charge in [0.05, 0.1) is 10.6 Å². The van der Waals surface area contributed by atoms with Crippen LogP contribution in [0.4, 0.5) is 0 Å². The zero-order chi connectivity index (χ0) is 12.4. The molecule has 0 aliphatic heterocycles. The highest BCUT2D eigenvalue weighted by atomic mass is 35.5. The van der Waals surface area contributed by atoms with Crippen LogP contribution in [-0.4, -0.2) is 18.0 Å². The van der Waals surface area contributed by atoms with Crippen LogP contribution in [0.15, 0.2) is 18.2 Å². The third-order valence-corrected chi connectivity index (χ3v) is 3.61. The summed E-state index contributed by atoms with van der Waals surface area (Å²) in [5, 5.41) is 3.79. The summed E-state index contributed by atoms with van der Waals surface area (Å²) in [5.41, 5.74) is 6.34. The van der Waals surface area contributed by atoms with Gasteiger partial charge in [-0.05, 0) is 37.5 Å². The lowest BCUT2D eigenvalue weighted by Gasteiger charge is -2.17. The summed E-state index contributed by atoms with van der Waals surface area (Å²) in [6, 6.07) is 4.93. The second-order valence-electron chi connectivity index (χ2n) is 4.30. The molecule has 1 aromatic carbocycles. The second kappa shape index (κ2) is 5.25. The summed E-state index contributed by atoms with van der Waals surface area (Å²) >= 11 is 11.7. The van der Waals surface area contributed by atoms with Gasteiger partial charge in [0.1, 0.15) is 0 Å². The predicted molar refractivity (Wildman–Crippen MR) is 69.5 cm³/mol. The van der Waals surface area contributed by atoms with Crippen molar-refractivity contribution in [2.24, 2.45) is 5.73 Å². The van der Waals surface area contributed by atoms with Crippen LogP contribution in [-0.2, 0) is 0 Å². The molecule has 1 aromatic rings. The summed E-state index contributed by atoms with van der Waals surface area (Å²) < 4.78 is 0. The Morgan fingerprint density at radius 3 is 2.71 bits per heavy atom. The van der Waals surface area contributed by atoms with Crippen molar-refractivity contribution in [1.29, 1.82) is 0 Å². The van der Waals surface area contributed by atoms with E-state index in [4.69, 9.17) is 28.9 Å². The standard InChI is InChI=1S/C12H14Cl2N2O/c13-7-4-5-8(9(14)6-7)12(17)16-11-3-1-2-10(11)15/h4-6,10-11H,1-3,15H2,(H,16,17). The molecule has 2 unspecified atom stereocenters.